The Kier molecular flexibility index (Phi) is 5.04. The number of hydrogen-bond acceptors (Lipinski definition) is 4. The lowest BCUT2D eigenvalue weighted by Crippen LogP contribution is -2.55. The summed E-state index contributed by atoms with van der Waals surface area (Å²) in [5.74, 6) is 1.67. The predicted octanol–water partition coefficient (Wildman–Crippen LogP) is 4.78. The van der Waals surface area contributed by atoms with E-state index in [2.05, 4.69) is 20.8 Å². The lowest BCUT2D eigenvalue weighted by atomic mass is 9.74. The van der Waals surface area contributed by atoms with Gasteiger partial charge in [0.2, 0.25) is 0 Å². The molecule has 3 nitrogen and oxygen atoms in total. The molecule has 0 aromatic rings. The number of ether oxygens (including phenoxy) is 2. The van der Waals surface area contributed by atoms with Gasteiger partial charge < -0.3 is 9.47 Å². The molecule has 3 rings (SSSR count). The Morgan fingerprint density at radius 2 is 2.09 bits per heavy atom. The molecule has 1 aliphatic heterocycles. The summed E-state index contributed by atoms with van der Waals surface area (Å²) in [5.41, 5.74) is 0. The largest absolute Gasteiger partial charge is 0.466 e. The van der Waals surface area contributed by atoms with Crippen molar-refractivity contribution in [1.82, 2.24) is 0 Å². The average Bonchev–Trinajstić information content (AvgIpc) is 2.79. The summed E-state index contributed by atoms with van der Waals surface area (Å²) in [6.45, 7) is 9.50. The maximum absolute atomic E-state index is 12.0. The van der Waals surface area contributed by atoms with Gasteiger partial charge in [-0.1, -0.05) is 27.2 Å². The molecule has 0 N–H and O–H groups in total. The summed E-state index contributed by atoms with van der Waals surface area (Å²) in [7, 11) is 0. The molecule has 4 heteroatoms. The third kappa shape index (κ3) is 3.44. The number of carbonyl (C=O) groups is 1. The van der Waals surface area contributed by atoms with E-state index < -0.39 is 0 Å². The van der Waals surface area contributed by atoms with Crippen molar-refractivity contribution in [2.45, 2.75) is 88.4 Å². The summed E-state index contributed by atoms with van der Waals surface area (Å²) in [4.78, 5) is 11.9. The summed E-state index contributed by atoms with van der Waals surface area (Å²) in [5, 5.41) is 0. The molecule has 132 valence electrons. The fraction of sp³-hybridized carbons (Fsp3) is 0.947. The number of fused-ring (bicyclic) bond motifs is 1. The third-order valence-electron chi connectivity index (χ3n) is 6.15. The van der Waals surface area contributed by atoms with Crippen LogP contribution >= 0.6 is 11.8 Å². The zero-order valence-electron chi connectivity index (χ0n) is 15.1. The van der Waals surface area contributed by atoms with Crippen LogP contribution < -0.4 is 0 Å². The van der Waals surface area contributed by atoms with Crippen LogP contribution in [0.25, 0.3) is 0 Å². The minimum atomic E-state index is -0.158. The molecule has 2 saturated carbocycles. The van der Waals surface area contributed by atoms with Crippen LogP contribution in [0.4, 0.5) is 0 Å². The molecule has 0 radical (unpaired) electrons. The highest BCUT2D eigenvalue weighted by atomic mass is 32.2. The fourth-order valence-corrected chi connectivity index (χ4v) is 7.14. The first-order chi connectivity index (χ1) is 10.9. The van der Waals surface area contributed by atoms with Gasteiger partial charge in [0.15, 0.2) is 0 Å². The predicted molar refractivity (Wildman–Crippen MR) is 94.4 cm³/mol. The van der Waals surface area contributed by atoms with Gasteiger partial charge in [-0.15, -0.1) is 11.8 Å². The number of carbonyl (C=O) groups excluding carboxylic acids is 1. The maximum Gasteiger partial charge on any atom is 0.306 e. The van der Waals surface area contributed by atoms with Crippen molar-refractivity contribution in [2.24, 2.45) is 17.8 Å². The van der Waals surface area contributed by atoms with Crippen LogP contribution in [0.15, 0.2) is 0 Å². The molecule has 3 fully saturated rings. The van der Waals surface area contributed by atoms with E-state index in [4.69, 9.17) is 9.47 Å². The molecule has 0 amide bonds. The monoisotopic (exact) mass is 340 g/mol. The van der Waals surface area contributed by atoms with Crippen LogP contribution in [0.2, 0.25) is 0 Å². The lowest BCUT2D eigenvalue weighted by Gasteiger charge is -2.55. The van der Waals surface area contributed by atoms with E-state index in [1.54, 1.807) is 0 Å². The molecule has 1 heterocycles. The van der Waals surface area contributed by atoms with Gasteiger partial charge in [0.05, 0.1) is 19.1 Å². The van der Waals surface area contributed by atoms with Crippen molar-refractivity contribution in [3.05, 3.63) is 0 Å². The molecule has 1 spiro atoms. The van der Waals surface area contributed by atoms with Crippen molar-refractivity contribution in [2.75, 3.05) is 6.61 Å². The summed E-state index contributed by atoms with van der Waals surface area (Å²) < 4.78 is 12.2. The fourth-order valence-electron chi connectivity index (χ4n) is 5.04. The van der Waals surface area contributed by atoms with Gasteiger partial charge in [0.25, 0.3) is 0 Å². The van der Waals surface area contributed by atoms with Gasteiger partial charge in [-0.2, -0.15) is 0 Å². The van der Waals surface area contributed by atoms with Crippen LogP contribution in [0, 0.1) is 17.8 Å². The van der Waals surface area contributed by atoms with Crippen LogP contribution in [-0.2, 0) is 14.3 Å². The van der Waals surface area contributed by atoms with E-state index in [9.17, 15) is 4.79 Å². The van der Waals surface area contributed by atoms with Gasteiger partial charge in [0, 0.05) is 10.7 Å². The van der Waals surface area contributed by atoms with Crippen LogP contribution in [0.3, 0.4) is 0 Å². The number of rotatable bonds is 3. The lowest BCUT2D eigenvalue weighted by molar-refractivity contribution is -0.150. The van der Waals surface area contributed by atoms with Crippen molar-refractivity contribution in [3.63, 3.8) is 0 Å². The molecule has 2 aliphatic carbocycles. The minimum absolute atomic E-state index is 0.0556. The molecule has 0 bridgehead atoms. The number of thioether (sulfide) groups is 1. The molecule has 0 aromatic carbocycles. The second kappa shape index (κ2) is 6.59. The average molecular weight is 341 g/mol. The highest BCUT2D eigenvalue weighted by Gasteiger charge is 2.57. The minimum Gasteiger partial charge on any atom is -0.466 e. The third-order valence-corrected chi connectivity index (χ3v) is 7.96. The first kappa shape index (κ1) is 17.6. The summed E-state index contributed by atoms with van der Waals surface area (Å²) >= 11 is 2.02. The molecule has 0 aromatic heterocycles. The zero-order chi connectivity index (χ0) is 16.7. The van der Waals surface area contributed by atoms with E-state index in [1.165, 1.54) is 25.7 Å². The van der Waals surface area contributed by atoms with Gasteiger partial charge in [-0.05, 0) is 50.9 Å². The van der Waals surface area contributed by atoms with Gasteiger partial charge in [-0.3, -0.25) is 4.79 Å². The Morgan fingerprint density at radius 3 is 2.83 bits per heavy atom. The Bertz CT molecular complexity index is 450. The SMILES string of the molecule is CCOC(=O)C[C@@H]1CCC[C@]12O[C@@H]1C[C@H](C)CC[C@H]1C(C)(C)S2. The van der Waals surface area contributed by atoms with Gasteiger partial charge in [0.1, 0.15) is 4.93 Å². The van der Waals surface area contributed by atoms with E-state index in [1.807, 2.05) is 18.7 Å². The Balaban J connectivity index is 1.78. The van der Waals surface area contributed by atoms with Crippen LogP contribution in [0.5, 0.6) is 0 Å². The topological polar surface area (TPSA) is 35.5 Å². The second-order valence-electron chi connectivity index (χ2n) is 8.30. The Morgan fingerprint density at radius 1 is 1.30 bits per heavy atom. The van der Waals surface area contributed by atoms with E-state index >= 15 is 0 Å². The quantitative estimate of drug-likeness (QED) is 0.693. The first-order valence-corrected chi connectivity index (χ1v) is 10.2. The van der Waals surface area contributed by atoms with Crippen LogP contribution in [-0.4, -0.2) is 28.4 Å². The highest BCUT2D eigenvalue weighted by molar-refractivity contribution is 8.01. The zero-order valence-corrected chi connectivity index (χ0v) is 15.9. The van der Waals surface area contributed by atoms with Crippen LogP contribution in [0.1, 0.15) is 72.6 Å². The normalized spacial score (nSPS) is 42.4. The molecule has 5 atom stereocenters. The van der Waals surface area contributed by atoms with Crippen molar-refractivity contribution >= 4 is 17.7 Å². The van der Waals surface area contributed by atoms with Gasteiger partial charge in [-0.25, -0.2) is 0 Å². The van der Waals surface area contributed by atoms with Crippen molar-refractivity contribution in [1.29, 1.82) is 0 Å². The van der Waals surface area contributed by atoms with E-state index in [0.717, 1.165) is 18.8 Å². The molecular weight excluding hydrogens is 308 g/mol. The first-order valence-electron chi connectivity index (χ1n) is 9.40. The highest BCUT2D eigenvalue weighted by Crippen LogP contribution is 2.61. The van der Waals surface area contributed by atoms with Crippen molar-refractivity contribution < 1.29 is 14.3 Å². The second-order valence-corrected chi connectivity index (χ2v) is 10.2. The van der Waals surface area contributed by atoms with Crippen molar-refractivity contribution in [3.8, 4) is 0 Å². The molecule has 3 aliphatic rings. The van der Waals surface area contributed by atoms with Gasteiger partial charge >= 0.3 is 5.97 Å². The smallest absolute Gasteiger partial charge is 0.306 e. The Labute approximate surface area is 145 Å². The molecule has 1 saturated heterocycles. The summed E-state index contributed by atoms with van der Waals surface area (Å²) in [6, 6.07) is 0. The maximum atomic E-state index is 12.0. The standard InChI is InChI=1S/C19H32O3S/c1-5-21-17(20)12-14-7-6-10-19(14)22-16-11-13(2)8-9-15(16)18(3,4)23-19/h13-16H,5-12H2,1-4H3/t13-,14+,15-,16-,19-/m1/s1. The molecule has 0 unspecified atom stereocenters. The van der Waals surface area contributed by atoms with E-state index in [0.29, 0.717) is 31.0 Å². The summed E-state index contributed by atoms with van der Waals surface area (Å²) in [6.07, 6.45) is 8.03. The number of hydrogen-bond donors (Lipinski definition) is 0. The number of esters is 1. The van der Waals surface area contributed by atoms with E-state index in [-0.39, 0.29) is 15.6 Å². The molecule has 23 heavy (non-hydrogen) atoms. The Hall–Kier alpha value is -0.220. The molecular formula is C19H32O3S.